The molecule has 0 aromatic rings. The van der Waals surface area contributed by atoms with Crippen LogP contribution in [0.3, 0.4) is 0 Å². The summed E-state index contributed by atoms with van der Waals surface area (Å²) in [7, 11) is 2.04. The molecule has 21 heavy (non-hydrogen) atoms. The largest absolute Gasteiger partial charge is 0.317 e. The lowest BCUT2D eigenvalue weighted by Crippen LogP contribution is -2.41. The van der Waals surface area contributed by atoms with Crippen LogP contribution in [0.4, 0.5) is 0 Å². The smallest absolute Gasteiger partial charge is 0.0133 e. The molecule has 0 bridgehead atoms. The molecule has 1 saturated heterocycles. The Morgan fingerprint density at radius 2 is 1.48 bits per heavy atom. The summed E-state index contributed by atoms with van der Waals surface area (Å²) in [6, 6.07) is 0. The number of rotatable bonds is 13. The Balaban J connectivity index is 1.77. The first-order valence-electron chi connectivity index (χ1n) is 9.50. The highest BCUT2D eigenvalue weighted by Gasteiger charge is 2.17. The molecule has 0 radical (unpaired) electrons. The summed E-state index contributed by atoms with van der Waals surface area (Å²) in [5, 5.41) is 5.97. The lowest BCUT2D eigenvalue weighted by molar-refractivity contribution is 0.133. The molecule has 3 nitrogen and oxygen atoms in total. The van der Waals surface area contributed by atoms with E-state index in [1.54, 1.807) is 0 Å². The van der Waals surface area contributed by atoms with Gasteiger partial charge in [0.15, 0.2) is 0 Å². The molecule has 126 valence electrons. The highest BCUT2D eigenvalue weighted by molar-refractivity contribution is 4.70. The predicted molar refractivity (Wildman–Crippen MR) is 93.5 cm³/mol. The number of unbranched alkanes of at least 4 members (excludes halogenated alkanes) is 6. The second-order valence-corrected chi connectivity index (χ2v) is 6.67. The summed E-state index contributed by atoms with van der Waals surface area (Å²) >= 11 is 0. The molecule has 0 spiro atoms. The van der Waals surface area contributed by atoms with Crippen LogP contribution in [0.15, 0.2) is 0 Å². The maximum absolute atomic E-state index is 3.62. The molecular formula is C18H39N3. The Hall–Kier alpha value is -0.120. The molecule has 1 aliphatic rings. The molecule has 1 rings (SSSR count). The second kappa shape index (κ2) is 13.5. The van der Waals surface area contributed by atoms with Crippen LogP contribution in [0.25, 0.3) is 0 Å². The van der Waals surface area contributed by atoms with Crippen LogP contribution < -0.4 is 10.7 Å². The van der Waals surface area contributed by atoms with E-state index < -0.39 is 0 Å². The molecule has 0 amide bonds. The fourth-order valence-corrected chi connectivity index (χ4v) is 3.29. The summed E-state index contributed by atoms with van der Waals surface area (Å²) < 4.78 is 0. The Labute approximate surface area is 133 Å². The topological polar surface area (TPSA) is 27.3 Å². The van der Waals surface area contributed by atoms with Gasteiger partial charge in [0.2, 0.25) is 0 Å². The lowest BCUT2D eigenvalue weighted by atomic mass is 9.93. The maximum Gasteiger partial charge on any atom is 0.0133 e. The summed E-state index contributed by atoms with van der Waals surface area (Å²) in [5.74, 6) is 0.968. The monoisotopic (exact) mass is 297 g/mol. The first-order valence-corrected chi connectivity index (χ1v) is 9.50. The molecule has 1 heterocycles. The van der Waals surface area contributed by atoms with Crippen LogP contribution in [0.2, 0.25) is 0 Å². The van der Waals surface area contributed by atoms with Gasteiger partial charge in [0.25, 0.3) is 0 Å². The van der Waals surface area contributed by atoms with Gasteiger partial charge in [-0.2, -0.15) is 0 Å². The molecule has 1 aliphatic heterocycles. The molecule has 3 heteroatoms. The standard InChI is InChI=1S/C18H39N3/c1-3-4-5-6-7-8-9-14-20-15-10-11-18-12-16-21(19-2)17-13-18/h18-20H,3-17H2,1-2H3. The van der Waals surface area contributed by atoms with Crippen molar-refractivity contribution in [1.82, 2.24) is 15.8 Å². The van der Waals surface area contributed by atoms with Crippen LogP contribution in [0.1, 0.15) is 77.6 Å². The van der Waals surface area contributed by atoms with E-state index in [0.29, 0.717) is 0 Å². The van der Waals surface area contributed by atoms with Crippen molar-refractivity contribution in [2.24, 2.45) is 5.92 Å². The third kappa shape index (κ3) is 10.3. The van der Waals surface area contributed by atoms with E-state index in [2.05, 4.69) is 22.7 Å². The fourth-order valence-electron chi connectivity index (χ4n) is 3.29. The van der Waals surface area contributed by atoms with E-state index in [1.807, 2.05) is 7.05 Å². The van der Waals surface area contributed by atoms with Gasteiger partial charge < -0.3 is 5.32 Å². The van der Waals surface area contributed by atoms with Crippen LogP contribution in [0, 0.1) is 5.92 Å². The molecule has 0 aliphatic carbocycles. The van der Waals surface area contributed by atoms with E-state index in [9.17, 15) is 0 Å². The summed E-state index contributed by atoms with van der Waals surface area (Å²) in [6.07, 6.45) is 15.4. The van der Waals surface area contributed by atoms with Crippen molar-refractivity contribution in [3.05, 3.63) is 0 Å². The number of piperidine rings is 1. The Bertz CT molecular complexity index is 213. The third-order valence-corrected chi connectivity index (χ3v) is 4.85. The number of nitrogens with one attached hydrogen (secondary N) is 2. The first-order chi connectivity index (χ1) is 10.4. The van der Waals surface area contributed by atoms with Crippen molar-refractivity contribution < 1.29 is 0 Å². The molecule has 0 atom stereocenters. The maximum atomic E-state index is 3.62. The molecule has 0 unspecified atom stereocenters. The van der Waals surface area contributed by atoms with Crippen molar-refractivity contribution in [3.63, 3.8) is 0 Å². The van der Waals surface area contributed by atoms with E-state index in [1.165, 1.54) is 96.8 Å². The van der Waals surface area contributed by atoms with Crippen LogP contribution in [0.5, 0.6) is 0 Å². The van der Waals surface area contributed by atoms with Gasteiger partial charge in [-0.05, 0) is 58.2 Å². The zero-order valence-corrected chi connectivity index (χ0v) is 14.6. The SMILES string of the molecule is CCCCCCCCCNCCCC1CCN(NC)CC1. The number of hydrogen-bond donors (Lipinski definition) is 2. The van der Waals surface area contributed by atoms with E-state index in [0.717, 1.165) is 5.92 Å². The van der Waals surface area contributed by atoms with Crippen molar-refractivity contribution in [2.75, 3.05) is 33.2 Å². The van der Waals surface area contributed by atoms with E-state index >= 15 is 0 Å². The van der Waals surface area contributed by atoms with Crippen molar-refractivity contribution in [1.29, 1.82) is 0 Å². The summed E-state index contributed by atoms with van der Waals surface area (Å²) in [6.45, 7) is 7.20. The Morgan fingerprint density at radius 3 is 2.14 bits per heavy atom. The summed E-state index contributed by atoms with van der Waals surface area (Å²) in [4.78, 5) is 0. The minimum atomic E-state index is 0.968. The average Bonchev–Trinajstić information content (AvgIpc) is 2.53. The molecule has 0 aromatic heterocycles. The molecule has 1 fully saturated rings. The Morgan fingerprint density at radius 1 is 0.857 bits per heavy atom. The lowest BCUT2D eigenvalue weighted by Gasteiger charge is -2.31. The highest BCUT2D eigenvalue weighted by atomic mass is 15.5. The van der Waals surface area contributed by atoms with Crippen LogP contribution in [-0.4, -0.2) is 38.2 Å². The van der Waals surface area contributed by atoms with Gasteiger partial charge in [-0.1, -0.05) is 45.4 Å². The number of hydrogen-bond acceptors (Lipinski definition) is 3. The predicted octanol–water partition coefficient (Wildman–Crippen LogP) is 3.95. The summed E-state index contributed by atoms with van der Waals surface area (Å²) in [5.41, 5.74) is 3.26. The third-order valence-electron chi connectivity index (χ3n) is 4.85. The minimum absolute atomic E-state index is 0.968. The van der Waals surface area contributed by atoms with Gasteiger partial charge in [0.1, 0.15) is 0 Å². The zero-order valence-electron chi connectivity index (χ0n) is 14.6. The quantitative estimate of drug-likeness (QED) is 0.504. The van der Waals surface area contributed by atoms with Gasteiger partial charge in [-0.25, -0.2) is 5.01 Å². The first kappa shape index (κ1) is 18.9. The second-order valence-electron chi connectivity index (χ2n) is 6.67. The number of hydrazine groups is 1. The van der Waals surface area contributed by atoms with Crippen molar-refractivity contribution in [2.45, 2.75) is 77.6 Å². The van der Waals surface area contributed by atoms with Crippen molar-refractivity contribution in [3.8, 4) is 0 Å². The Kier molecular flexibility index (Phi) is 12.2. The van der Waals surface area contributed by atoms with Gasteiger partial charge >= 0.3 is 0 Å². The van der Waals surface area contributed by atoms with Gasteiger partial charge in [0, 0.05) is 13.1 Å². The minimum Gasteiger partial charge on any atom is -0.317 e. The highest BCUT2D eigenvalue weighted by Crippen LogP contribution is 2.20. The molecule has 0 saturated carbocycles. The van der Waals surface area contributed by atoms with Crippen LogP contribution in [-0.2, 0) is 0 Å². The molecular weight excluding hydrogens is 258 g/mol. The van der Waals surface area contributed by atoms with Crippen LogP contribution >= 0.6 is 0 Å². The zero-order chi connectivity index (χ0) is 15.2. The fraction of sp³-hybridized carbons (Fsp3) is 1.00. The molecule has 0 aromatic carbocycles. The van der Waals surface area contributed by atoms with E-state index in [4.69, 9.17) is 0 Å². The normalized spacial score (nSPS) is 17.4. The van der Waals surface area contributed by atoms with E-state index in [-0.39, 0.29) is 0 Å². The van der Waals surface area contributed by atoms with Crippen molar-refractivity contribution >= 4 is 0 Å². The number of nitrogens with zero attached hydrogens (tertiary/aromatic N) is 1. The molecule has 2 N–H and O–H groups in total. The van der Waals surface area contributed by atoms with Gasteiger partial charge in [0.05, 0.1) is 0 Å². The average molecular weight is 298 g/mol. The van der Waals surface area contributed by atoms with Gasteiger partial charge in [-0.3, -0.25) is 5.43 Å². The van der Waals surface area contributed by atoms with Gasteiger partial charge in [-0.15, -0.1) is 0 Å².